The minimum absolute atomic E-state index is 0.160. The fourth-order valence-corrected chi connectivity index (χ4v) is 2.61. The number of aliphatic carboxylic acids is 1. The Morgan fingerprint density at radius 1 is 1.42 bits per heavy atom. The summed E-state index contributed by atoms with van der Waals surface area (Å²) in [7, 11) is 0. The molecule has 0 saturated heterocycles. The Morgan fingerprint density at radius 2 is 2.11 bits per heavy atom. The molecule has 3 N–H and O–H groups in total. The van der Waals surface area contributed by atoms with Crippen LogP contribution in [0.1, 0.15) is 36.9 Å². The number of carboxylic acid groups (broad SMARTS) is 1. The van der Waals surface area contributed by atoms with Crippen LogP contribution in [0.4, 0.5) is 0 Å². The molecular weight excluding hydrogens is 246 g/mol. The molecule has 104 valence electrons. The summed E-state index contributed by atoms with van der Waals surface area (Å²) in [4.78, 5) is 23.3. The Morgan fingerprint density at radius 3 is 2.68 bits per heavy atom. The fourth-order valence-electron chi connectivity index (χ4n) is 2.61. The van der Waals surface area contributed by atoms with Gasteiger partial charge in [0.05, 0.1) is 18.0 Å². The minimum atomic E-state index is -0.862. The van der Waals surface area contributed by atoms with Gasteiger partial charge in [0.15, 0.2) is 0 Å². The molecule has 2 rings (SSSR count). The normalized spacial score (nSPS) is 23.0. The van der Waals surface area contributed by atoms with Gasteiger partial charge >= 0.3 is 5.97 Å². The molecule has 1 heterocycles. The lowest BCUT2D eigenvalue weighted by Crippen LogP contribution is -2.39. The molecule has 1 saturated carbocycles. The van der Waals surface area contributed by atoms with E-state index in [2.05, 4.69) is 15.5 Å². The highest BCUT2D eigenvalue weighted by atomic mass is 16.4. The van der Waals surface area contributed by atoms with Gasteiger partial charge in [0.1, 0.15) is 0 Å². The summed E-state index contributed by atoms with van der Waals surface area (Å²) in [6, 6.07) is 0. The predicted octanol–water partition coefficient (Wildman–Crippen LogP) is 1.23. The number of aromatic amines is 1. The summed E-state index contributed by atoms with van der Waals surface area (Å²) in [6.07, 6.45) is 4.74. The van der Waals surface area contributed by atoms with Crippen molar-refractivity contribution >= 4 is 11.9 Å². The van der Waals surface area contributed by atoms with E-state index in [0.717, 1.165) is 24.1 Å². The summed E-state index contributed by atoms with van der Waals surface area (Å²) in [5.41, 5.74) is 1.84. The predicted molar refractivity (Wildman–Crippen MR) is 68.3 cm³/mol. The lowest BCUT2D eigenvalue weighted by molar-refractivity contribution is -0.148. The number of aryl methyl sites for hydroxylation is 1. The van der Waals surface area contributed by atoms with Gasteiger partial charge in [-0.1, -0.05) is 12.8 Å². The largest absolute Gasteiger partial charge is 0.481 e. The van der Waals surface area contributed by atoms with Gasteiger partial charge in [-0.2, -0.15) is 5.10 Å². The smallest absolute Gasteiger partial charge is 0.307 e. The Bertz CT molecular complexity index is 469. The van der Waals surface area contributed by atoms with Gasteiger partial charge < -0.3 is 10.4 Å². The van der Waals surface area contributed by atoms with Crippen LogP contribution >= 0.6 is 0 Å². The number of hydrogen-bond acceptors (Lipinski definition) is 3. The first-order valence-corrected chi connectivity index (χ1v) is 6.59. The topological polar surface area (TPSA) is 95.1 Å². The van der Waals surface area contributed by atoms with Crippen molar-refractivity contribution in [2.75, 3.05) is 0 Å². The Labute approximate surface area is 111 Å². The molecule has 19 heavy (non-hydrogen) atoms. The van der Waals surface area contributed by atoms with E-state index in [0.29, 0.717) is 19.4 Å². The lowest BCUT2D eigenvalue weighted by atomic mass is 9.78. The standard InChI is InChI=1S/C13H19N3O3/c1-8-9(7-15-16-8)6-14-12(17)10-4-2-3-5-11(10)13(18)19/h7,10-11H,2-6H2,1H3,(H,14,17)(H,15,16)(H,18,19)/t10-,11+/m1/s1. The van der Waals surface area contributed by atoms with Crippen molar-refractivity contribution in [3.05, 3.63) is 17.5 Å². The molecule has 0 spiro atoms. The molecule has 1 amide bonds. The number of carbonyl (C=O) groups excluding carboxylic acids is 1. The van der Waals surface area contributed by atoms with E-state index in [4.69, 9.17) is 5.11 Å². The van der Waals surface area contributed by atoms with Crippen molar-refractivity contribution in [1.82, 2.24) is 15.5 Å². The van der Waals surface area contributed by atoms with Crippen LogP contribution in [0.3, 0.4) is 0 Å². The van der Waals surface area contributed by atoms with Crippen molar-refractivity contribution < 1.29 is 14.7 Å². The van der Waals surface area contributed by atoms with E-state index >= 15 is 0 Å². The second kappa shape index (κ2) is 5.86. The van der Waals surface area contributed by atoms with E-state index < -0.39 is 17.8 Å². The minimum Gasteiger partial charge on any atom is -0.481 e. The van der Waals surface area contributed by atoms with Crippen LogP contribution in [0.25, 0.3) is 0 Å². The van der Waals surface area contributed by atoms with Crippen LogP contribution in [0.5, 0.6) is 0 Å². The molecule has 0 aliphatic heterocycles. The number of nitrogens with zero attached hydrogens (tertiary/aromatic N) is 1. The third-order valence-electron chi connectivity index (χ3n) is 3.81. The van der Waals surface area contributed by atoms with E-state index in [9.17, 15) is 9.59 Å². The number of carboxylic acids is 1. The van der Waals surface area contributed by atoms with Gasteiger partial charge in [0.2, 0.25) is 5.91 Å². The highest BCUT2D eigenvalue weighted by Gasteiger charge is 2.35. The highest BCUT2D eigenvalue weighted by molar-refractivity contribution is 5.84. The van der Waals surface area contributed by atoms with Gasteiger partial charge in [-0.15, -0.1) is 0 Å². The third kappa shape index (κ3) is 3.13. The summed E-state index contributed by atoms with van der Waals surface area (Å²) < 4.78 is 0. The fraction of sp³-hybridized carbons (Fsp3) is 0.615. The van der Waals surface area contributed by atoms with Crippen LogP contribution < -0.4 is 5.32 Å². The number of hydrogen-bond donors (Lipinski definition) is 3. The molecule has 1 fully saturated rings. The maximum Gasteiger partial charge on any atom is 0.307 e. The van der Waals surface area contributed by atoms with Crippen LogP contribution in [0.2, 0.25) is 0 Å². The zero-order valence-electron chi connectivity index (χ0n) is 11.0. The number of rotatable bonds is 4. The van der Waals surface area contributed by atoms with Gasteiger partial charge in [0.25, 0.3) is 0 Å². The molecule has 0 aromatic carbocycles. The van der Waals surface area contributed by atoms with Gasteiger partial charge in [-0.25, -0.2) is 0 Å². The molecule has 2 atom stereocenters. The summed E-state index contributed by atoms with van der Waals surface area (Å²) in [6.45, 7) is 2.28. The van der Waals surface area contributed by atoms with Crippen LogP contribution in [0, 0.1) is 18.8 Å². The quantitative estimate of drug-likeness (QED) is 0.763. The van der Waals surface area contributed by atoms with E-state index in [1.165, 1.54) is 0 Å². The first-order valence-electron chi connectivity index (χ1n) is 6.59. The van der Waals surface area contributed by atoms with Crippen LogP contribution in [0.15, 0.2) is 6.20 Å². The molecule has 6 heteroatoms. The monoisotopic (exact) mass is 265 g/mol. The number of H-pyrrole nitrogens is 1. The Balaban J connectivity index is 1.94. The molecule has 0 radical (unpaired) electrons. The average Bonchev–Trinajstić information content (AvgIpc) is 2.81. The summed E-state index contributed by atoms with van der Waals surface area (Å²) in [5.74, 6) is -1.97. The van der Waals surface area contributed by atoms with Crippen molar-refractivity contribution in [2.45, 2.75) is 39.2 Å². The van der Waals surface area contributed by atoms with Gasteiger partial charge in [-0.3, -0.25) is 14.7 Å². The SMILES string of the molecule is Cc1[nH]ncc1CNC(=O)[C@@H]1CCCC[C@@H]1C(=O)O. The lowest BCUT2D eigenvalue weighted by Gasteiger charge is -2.27. The number of aromatic nitrogens is 2. The number of nitrogens with one attached hydrogen (secondary N) is 2. The molecular formula is C13H19N3O3. The molecule has 1 aromatic heterocycles. The van der Waals surface area contributed by atoms with Crippen LogP contribution in [-0.2, 0) is 16.1 Å². The molecule has 1 aromatic rings. The third-order valence-corrected chi connectivity index (χ3v) is 3.81. The maximum absolute atomic E-state index is 12.1. The second-order valence-corrected chi connectivity index (χ2v) is 5.07. The van der Waals surface area contributed by atoms with E-state index in [1.807, 2.05) is 6.92 Å². The first-order chi connectivity index (χ1) is 9.09. The molecule has 0 unspecified atom stereocenters. The van der Waals surface area contributed by atoms with Crippen molar-refractivity contribution in [3.8, 4) is 0 Å². The Hall–Kier alpha value is -1.85. The number of carbonyl (C=O) groups is 2. The van der Waals surface area contributed by atoms with Gasteiger partial charge in [0, 0.05) is 17.8 Å². The summed E-state index contributed by atoms with van der Waals surface area (Å²) in [5, 5.41) is 18.7. The van der Waals surface area contributed by atoms with E-state index in [-0.39, 0.29) is 5.91 Å². The van der Waals surface area contributed by atoms with Gasteiger partial charge in [-0.05, 0) is 19.8 Å². The zero-order valence-corrected chi connectivity index (χ0v) is 11.0. The zero-order chi connectivity index (χ0) is 13.8. The maximum atomic E-state index is 12.1. The molecule has 0 bridgehead atoms. The first kappa shape index (κ1) is 13.6. The van der Waals surface area contributed by atoms with Crippen molar-refractivity contribution in [1.29, 1.82) is 0 Å². The van der Waals surface area contributed by atoms with Crippen LogP contribution in [-0.4, -0.2) is 27.2 Å². The molecule has 1 aliphatic carbocycles. The highest BCUT2D eigenvalue weighted by Crippen LogP contribution is 2.30. The molecule has 6 nitrogen and oxygen atoms in total. The van der Waals surface area contributed by atoms with Crippen molar-refractivity contribution in [3.63, 3.8) is 0 Å². The van der Waals surface area contributed by atoms with E-state index in [1.54, 1.807) is 6.20 Å². The number of amides is 1. The Kier molecular flexibility index (Phi) is 4.19. The van der Waals surface area contributed by atoms with Crippen molar-refractivity contribution in [2.24, 2.45) is 11.8 Å². The average molecular weight is 265 g/mol. The summed E-state index contributed by atoms with van der Waals surface area (Å²) >= 11 is 0. The second-order valence-electron chi connectivity index (χ2n) is 5.07. The molecule has 1 aliphatic rings.